The van der Waals surface area contributed by atoms with E-state index in [-0.39, 0.29) is 0 Å². The molecule has 0 aliphatic rings. The number of aliphatic imine (C=N–C) groups is 1. The maximum absolute atomic E-state index is 8.02. The van der Waals surface area contributed by atoms with E-state index >= 15 is 0 Å². The van der Waals surface area contributed by atoms with Gasteiger partial charge in [-0.05, 0) is 11.4 Å². The van der Waals surface area contributed by atoms with Crippen LogP contribution in [-0.4, -0.2) is 6.21 Å². The van der Waals surface area contributed by atoms with Gasteiger partial charge in [0.2, 0.25) is 6.19 Å². The van der Waals surface area contributed by atoms with Crippen LogP contribution in [0, 0.1) is 11.5 Å². The number of nitriles is 1. The maximum atomic E-state index is 8.02. The van der Waals surface area contributed by atoms with Crippen LogP contribution in [0.25, 0.3) is 0 Å². The molecule has 0 fully saturated rings. The van der Waals surface area contributed by atoms with Crippen molar-refractivity contribution in [1.82, 2.24) is 0 Å². The summed E-state index contributed by atoms with van der Waals surface area (Å²) in [6, 6.07) is 3.83. The van der Waals surface area contributed by atoms with Gasteiger partial charge < -0.3 is 0 Å². The van der Waals surface area contributed by atoms with E-state index in [0.29, 0.717) is 0 Å². The first-order chi connectivity index (χ1) is 4.43. The Labute approximate surface area is 57.1 Å². The molecular weight excluding hydrogens is 132 g/mol. The van der Waals surface area contributed by atoms with E-state index in [1.165, 1.54) is 0 Å². The summed E-state index contributed by atoms with van der Waals surface area (Å²) in [7, 11) is 0. The molecule has 0 N–H and O–H groups in total. The van der Waals surface area contributed by atoms with Gasteiger partial charge in [0.25, 0.3) is 0 Å². The summed E-state index contributed by atoms with van der Waals surface area (Å²) in [4.78, 5) is 4.42. The highest BCUT2D eigenvalue weighted by Gasteiger charge is 1.83. The lowest BCUT2D eigenvalue weighted by atomic mass is 10.5. The van der Waals surface area contributed by atoms with Crippen LogP contribution in [0.4, 0.5) is 0 Å². The molecule has 9 heavy (non-hydrogen) atoms. The summed E-state index contributed by atoms with van der Waals surface area (Å²) in [5.41, 5.74) is 0. The number of nitrogens with zero attached hydrogens (tertiary/aromatic N) is 2. The van der Waals surface area contributed by atoms with E-state index in [4.69, 9.17) is 5.26 Å². The molecule has 0 saturated heterocycles. The lowest BCUT2D eigenvalue weighted by molar-refractivity contribution is 1.45. The van der Waals surface area contributed by atoms with Gasteiger partial charge in [0.05, 0.1) is 6.21 Å². The van der Waals surface area contributed by atoms with Crippen LogP contribution >= 0.6 is 11.3 Å². The Hall–Kier alpha value is -1.14. The monoisotopic (exact) mass is 136 g/mol. The normalized spacial score (nSPS) is 9.67. The lowest BCUT2D eigenvalue weighted by Crippen LogP contribution is -1.66. The number of thiophene rings is 1. The van der Waals surface area contributed by atoms with Crippen molar-refractivity contribution in [1.29, 1.82) is 5.26 Å². The fourth-order valence-corrected chi connectivity index (χ4v) is 1.04. The van der Waals surface area contributed by atoms with Crippen molar-refractivity contribution in [2.75, 3.05) is 0 Å². The molecule has 0 aromatic carbocycles. The number of rotatable bonds is 1. The lowest BCUT2D eigenvalue weighted by Gasteiger charge is -1.72. The molecule has 0 bridgehead atoms. The van der Waals surface area contributed by atoms with Crippen LogP contribution in [-0.2, 0) is 0 Å². The standard InChI is InChI=1S/C6H4N2S/c7-5-8-4-6-2-1-3-9-6/h1-4H. The third-order valence-electron chi connectivity index (χ3n) is 0.793. The molecule has 0 atom stereocenters. The largest absolute Gasteiger partial charge is 0.205 e. The molecular formula is C6H4N2S. The van der Waals surface area contributed by atoms with Gasteiger partial charge in [-0.1, -0.05) is 6.07 Å². The summed E-state index contributed by atoms with van der Waals surface area (Å²) in [6.45, 7) is 0. The first kappa shape index (κ1) is 5.99. The SMILES string of the molecule is N#CN=Cc1cccs1. The van der Waals surface area contributed by atoms with Crippen molar-refractivity contribution in [2.45, 2.75) is 0 Å². The molecule has 0 spiro atoms. The molecule has 0 radical (unpaired) electrons. The van der Waals surface area contributed by atoms with Crippen LogP contribution < -0.4 is 0 Å². The highest BCUT2D eigenvalue weighted by atomic mass is 32.1. The smallest absolute Gasteiger partial charge is 0.180 e. The fraction of sp³-hybridized carbons (Fsp3) is 0. The van der Waals surface area contributed by atoms with Gasteiger partial charge in [-0.25, -0.2) is 0 Å². The van der Waals surface area contributed by atoms with Crippen molar-refractivity contribution >= 4 is 17.6 Å². The molecule has 1 aromatic heterocycles. The summed E-state index contributed by atoms with van der Waals surface area (Å²) >= 11 is 1.56. The minimum atomic E-state index is 1.01. The second-order valence-electron chi connectivity index (χ2n) is 1.37. The molecule has 1 heterocycles. The van der Waals surface area contributed by atoms with Gasteiger partial charge in [0, 0.05) is 4.88 Å². The van der Waals surface area contributed by atoms with Crippen molar-refractivity contribution < 1.29 is 0 Å². The van der Waals surface area contributed by atoms with Crippen LogP contribution in [0.15, 0.2) is 22.5 Å². The molecule has 0 saturated carbocycles. The first-order valence-corrected chi connectivity index (χ1v) is 3.27. The zero-order valence-corrected chi connectivity index (χ0v) is 5.43. The van der Waals surface area contributed by atoms with Crippen LogP contribution in [0.2, 0.25) is 0 Å². The molecule has 44 valence electrons. The summed E-state index contributed by atoms with van der Waals surface area (Å²) in [5.74, 6) is 0. The van der Waals surface area contributed by atoms with Gasteiger partial charge in [0.1, 0.15) is 0 Å². The van der Waals surface area contributed by atoms with Crippen LogP contribution in [0.1, 0.15) is 4.88 Å². The Morgan fingerprint density at radius 2 is 2.67 bits per heavy atom. The zero-order chi connectivity index (χ0) is 6.53. The van der Waals surface area contributed by atoms with Gasteiger partial charge in [0.15, 0.2) is 0 Å². The topological polar surface area (TPSA) is 36.1 Å². The van der Waals surface area contributed by atoms with Crippen molar-refractivity contribution in [3.63, 3.8) is 0 Å². The molecule has 1 rings (SSSR count). The Bertz CT molecular complexity index is 230. The van der Waals surface area contributed by atoms with E-state index in [1.54, 1.807) is 23.7 Å². The Kier molecular flexibility index (Phi) is 2.00. The first-order valence-electron chi connectivity index (χ1n) is 2.39. The Morgan fingerprint density at radius 1 is 1.78 bits per heavy atom. The number of hydrogen-bond acceptors (Lipinski definition) is 3. The van der Waals surface area contributed by atoms with E-state index in [2.05, 4.69) is 4.99 Å². The molecule has 0 aliphatic heterocycles. The zero-order valence-electron chi connectivity index (χ0n) is 4.61. The average molecular weight is 136 g/mol. The molecule has 0 unspecified atom stereocenters. The fourth-order valence-electron chi connectivity index (χ4n) is 0.457. The highest BCUT2D eigenvalue weighted by molar-refractivity contribution is 7.11. The third kappa shape index (κ3) is 1.67. The highest BCUT2D eigenvalue weighted by Crippen LogP contribution is 2.03. The minimum Gasteiger partial charge on any atom is -0.180 e. The summed E-state index contributed by atoms with van der Waals surface area (Å²) in [5, 5.41) is 9.96. The van der Waals surface area contributed by atoms with E-state index < -0.39 is 0 Å². The van der Waals surface area contributed by atoms with Crippen molar-refractivity contribution in [3.05, 3.63) is 22.4 Å². The molecule has 1 aromatic rings. The molecule has 3 heteroatoms. The van der Waals surface area contributed by atoms with Crippen LogP contribution in [0.5, 0.6) is 0 Å². The van der Waals surface area contributed by atoms with E-state index in [0.717, 1.165) is 4.88 Å². The predicted octanol–water partition coefficient (Wildman–Crippen LogP) is 1.65. The molecule has 0 aliphatic carbocycles. The third-order valence-corrected chi connectivity index (χ3v) is 1.60. The van der Waals surface area contributed by atoms with E-state index in [1.807, 2.05) is 17.5 Å². The van der Waals surface area contributed by atoms with Crippen LogP contribution in [0.3, 0.4) is 0 Å². The van der Waals surface area contributed by atoms with Crippen molar-refractivity contribution in [3.8, 4) is 6.19 Å². The van der Waals surface area contributed by atoms with E-state index in [9.17, 15) is 0 Å². The number of hydrogen-bond donors (Lipinski definition) is 0. The average Bonchev–Trinajstić information content (AvgIpc) is 2.34. The van der Waals surface area contributed by atoms with Gasteiger partial charge in [-0.15, -0.1) is 11.3 Å². The Balaban J connectivity index is 2.71. The second kappa shape index (κ2) is 3.00. The molecule has 2 nitrogen and oxygen atoms in total. The molecule has 0 amide bonds. The maximum Gasteiger partial charge on any atom is 0.205 e. The second-order valence-corrected chi connectivity index (χ2v) is 2.35. The van der Waals surface area contributed by atoms with Gasteiger partial charge >= 0.3 is 0 Å². The minimum absolute atomic E-state index is 1.01. The van der Waals surface area contributed by atoms with Gasteiger partial charge in [-0.3, -0.25) is 0 Å². The predicted molar refractivity (Wildman–Crippen MR) is 37.5 cm³/mol. The quantitative estimate of drug-likeness (QED) is 0.427. The Morgan fingerprint density at radius 3 is 3.22 bits per heavy atom. The summed E-state index contributed by atoms with van der Waals surface area (Å²) < 4.78 is 0. The summed E-state index contributed by atoms with van der Waals surface area (Å²) in [6.07, 6.45) is 3.23. The van der Waals surface area contributed by atoms with Gasteiger partial charge in [-0.2, -0.15) is 10.3 Å². The van der Waals surface area contributed by atoms with Crippen molar-refractivity contribution in [2.24, 2.45) is 4.99 Å².